The lowest BCUT2D eigenvalue weighted by atomic mass is 10.0. The second-order valence-corrected chi connectivity index (χ2v) is 9.40. The van der Waals surface area contributed by atoms with Gasteiger partial charge in [0.2, 0.25) is 0 Å². The lowest BCUT2D eigenvalue weighted by Crippen LogP contribution is -2.33. The minimum absolute atomic E-state index is 0.193. The van der Waals surface area contributed by atoms with Gasteiger partial charge in [0.1, 0.15) is 18.1 Å². The first kappa shape index (κ1) is 24.6. The van der Waals surface area contributed by atoms with Crippen molar-refractivity contribution in [2.45, 2.75) is 13.0 Å². The van der Waals surface area contributed by atoms with Gasteiger partial charge in [-0.2, -0.15) is 0 Å². The number of imidazole rings is 1. The lowest BCUT2D eigenvalue weighted by Gasteiger charge is -2.21. The number of nitrogens with two attached hydrogens (primary N) is 1. The Labute approximate surface area is 228 Å². The molecule has 0 fully saturated rings. The van der Waals surface area contributed by atoms with Crippen molar-refractivity contribution >= 4 is 28.1 Å². The summed E-state index contributed by atoms with van der Waals surface area (Å²) in [4.78, 5) is 36.1. The number of anilines is 1. The van der Waals surface area contributed by atoms with E-state index in [9.17, 15) is 9.59 Å². The predicted octanol–water partition coefficient (Wildman–Crippen LogP) is 2.66. The van der Waals surface area contributed by atoms with Crippen LogP contribution in [0, 0.1) is 11.8 Å². The van der Waals surface area contributed by atoms with Crippen LogP contribution in [0.15, 0.2) is 90.4 Å². The molecule has 40 heavy (non-hydrogen) atoms. The van der Waals surface area contributed by atoms with Gasteiger partial charge < -0.3 is 15.6 Å². The molecule has 0 saturated heterocycles. The number of carbonyl (C=O) groups excluding carboxylic acids is 1. The highest BCUT2D eigenvalue weighted by molar-refractivity contribution is 6.03. The van der Waals surface area contributed by atoms with E-state index < -0.39 is 11.9 Å². The number of fused-ring (bicyclic) bond motifs is 2. The number of aromatic nitrogens is 6. The molecular weight excluding hydrogens is 504 g/mol. The maximum atomic E-state index is 14.2. The Kier molecular flexibility index (Phi) is 6.09. The van der Waals surface area contributed by atoms with Gasteiger partial charge in [0.05, 0.1) is 17.8 Å². The van der Waals surface area contributed by atoms with Gasteiger partial charge >= 0.3 is 5.65 Å². The number of nitrogen functional groups attached to an aromatic ring is 1. The maximum Gasteiger partial charge on any atom is 0.362 e. The minimum atomic E-state index is -0.564. The van der Waals surface area contributed by atoms with Crippen LogP contribution in [-0.4, -0.2) is 30.1 Å². The summed E-state index contributed by atoms with van der Waals surface area (Å²) < 4.78 is 5.01. The molecule has 1 amide bonds. The SMILES string of the molecule is CC(NC(=O)c1c(N)[nH][n+]2cccnc12)c1cc2cccc(C#Cc3cn(C)cn3)c2c(=O)n1-c1ccccc1. The fourth-order valence-electron chi connectivity index (χ4n) is 4.78. The normalized spacial score (nSPS) is 11.8. The predicted molar refractivity (Wildman–Crippen MR) is 151 cm³/mol. The third-order valence-corrected chi connectivity index (χ3v) is 6.62. The van der Waals surface area contributed by atoms with Gasteiger partial charge in [0.15, 0.2) is 11.4 Å². The van der Waals surface area contributed by atoms with Gasteiger partial charge in [-0.1, -0.05) is 36.3 Å². The number of aryl methyl sites for hydroxylation is 1. The molecule has 4 N–H and O–H groups in total. The van der Waals surface area contributed by atoms with E-state index in [0.717, 1.165) is 0 Å². The minimum Gasteiger partial charge on any atom is -0.382 e. The Balaban J connectivity index is 1.48. The van der Waals surface area contributed by atoms with E-state index in [1.807, 2.05) is 79.3 Å². The highest BCUT2D eigenvalue weighted by atomic mass is 16.2. The Morgan fingerprint density at radius 2 is 1.93 bits per heavy atom. The molecule has 0 bridgehead atoms. The van der Waals surface area contributed by atoms with E-state index in [0.29, 0.717) is 39.1 Å². The van der Waals surface area contributed by atoms with Crippen LogP contribution in [0.3, 0.4) is 0 Å². The van der Waals surface area contributed by atoms with Gasteiger partial charge in [0.25, 0.3) is 11.5 Å². The zero-order valence-electron chi connectivity index (χ0n) is 21.8. The number of para-hydroxylation sites is 1. The molecule has 196 valence electrons. The molecule has 0 saturated carbocycles. The van der Waals surface area contributed by atoms with Crippen molar-refractivity contribution < 1.29 is 9.31 Å². The highest BCUT2D eigenvalue weighted by Gasteiger charge is 2.27. The van der Waals surface area contributed by atoms with Crippen LogP contribution in [0.4, 0.5) is 5.82 Å². The van der Waals surface area contributed by atoms with Crippen LogP contribution >= 0.6 is 0 Å². The van der Waals surface area contributed by atoms with E-state index >= 15 is 0 Å². The van der Waals surface area contributed by atoms with Crippen molar-refractivity contribution in [2.24, 2.45) is 7.05 Å². The number of nitrogens with zero attached hydrogens (tertiary/aromatic N) is 5. The first-order valence-electron chi connectivity index (χ1n) is 12.6. The molecule has 10 nitrogen and oxygen atoms in total. The second kappa shape index (κ2) is 9.89. The molecule has 1 unspecified atom stereocenters. The highest BCUT2D eigenvalue weighted by Crippen LogP contribution is 2.24. The molecule has 1 atom stereocenters. The van der Waals surface area contributed by atoms with Crippen molar-refractivity contribution in [1.29, 1.82) is 0 Å². The second-order valence-electron chi connectivity index (χ2n) is 9.40. The molecule has 0 aliphatic heterocycles. The van der Waals surface area contributed by atoms with Crippen molar-refractivity contribution in [3.63, 3.8) is 0 Å². The monoisotopic (exact) mass is 529 g/mol. The number of rotatable bonds is 4. The van der Waals surface area contributed by atoms with E-state index in [-0.39, 0.29) is 16.9 Å². The van der Waals surface area contributed by atoms with Crippen molar-refractivity contribution in [1.82, 2.24) is 29.5 Å². The number of aromatic amines is 1. The van der Waals surface area contributed by atoms with E-state index in [4.69, 9.17) is 5.73 Å². The first-order chi connectivity index (χ1) is 19.4. The third-order valence-electron chi connectivity index (χ3n) is 6.62. The molecule has 0 aliphatic rings. The van der Waals surface area contributed by atoms with E-state index in [1.165, 1.54) is 0 Å². The first-order valence-corrected chi connectivity index (χ1v) is 12.6. The number of nitrogens with one attached hydrogen (secondary N) is 2. The maximum absolute atomic E-state index is 14.2. The Morgan fingerprint density at radius 1 is 1.10 bits per heavy atom. The largest absolute Gasteiger partial charge is 0.382 e. The van der Waals surface area contributed by atoms with Crippen LogP contribution in [-0.2, 0) is 7.05 Å². The summed E-state index contributed by atoms with van der Waals surface area (Å²) in [6.45, 7) is 1.83. The third kappa shape index (κ3) is 4.35. The Morgan fingerprint density at radius 3 is 2.70 bits per heavy atom. The van der Waals surface area contributed by atoms with Gasteiger partial charge in [-0.05, 0) is 47.5 Å². The zero-order valence-corrected chi connectivity index (χ0v) is 21.8. The molecule has 0 radical (unpaired) electrons. The molecule has 0 spiro atoms. The Hall–Kier alpha value is -5.69. The van der Waals surface area contributed by atoms with Crippen LogP contribution in [0.2, 0.25) is 0 Å². The summed E-state index contributed by atoms with van der Waals surface area (Å²) in [5, 5.41) is 7.12. The van der Waals surface area contributed by atoms with Crippen molar-refractivity contribution in [2.75, 3.05) is 5.73 Å². The van der Waals surface area contributed by atoms with Gasteiger partial charge in [-0.3, -0.25) is 14.2 Å². The fourth-order valence-corrected chi connectivity index (χ4v) is 4.78. The smallest absolute Gasteiger partial charge is 0.362 e. The van der Waals surface area contributed by atoms with Crippen LogP contribution in [0.25, 0.3) is 22.1 Å². The van der Waals surface area contributed by atoms with Crippen molar-refractivity contribution in [3.05, 3.63) is 118 Å². The number of hydrogen-bond donors (Lipinski definition) is 3. The molecule has 2 aromatic carbocycles. The van der Waals surface area contributed by atoms with E-state index in [1.54, 1.807) is 33.9 Å². The number of pyridine rings is 1. The molecule has 0 aliphatic carbocycles. The summed E-state index contributed by atoms with van der Waals surface area (Å²) in [5.41, 5.74) is 8.99. The number of carbonyl (C=O) groups is 1. The van der Waals surface area contributed by atoms with Crippen molar-refractivity contribution in [3.8, 4) is 17.5 Å². The molecular formula is C30H25N8O2+. The standard InChI is InChI=1S/C30H24N8O2/c1-19(34-29(39)26-27(31)35-37-15-7-14-32-28(26)37)24-16-21-9-6-8-20(12-13-22-17-36(2)18-33-22)25(21)30(40)38(24)23-10-4-3-5-11-23/h3-11,14-19H,1-2H3,(H3,31,34,35,39)/p+1. The van der Waals surface area contributed by atoms with Gasteiger partial charge in [-0.25, -0.2) is 10.1 Å². The average molecular weight is 530 g/mol. The van der Waals surface area contributed by atoms with Gasteiger partial charge in [-0.15, -0.1) is 4.52 Å². The number of benzene rings is 2. The molecule has 6 rings (SSSR count). The zero-order chi connectivity index (χ0) is 27.8. The summed E-state index contributed by atoms with van der Waals surface area (Å²) >= 11 is 0. The van der Waals surface area contributed by atoms with E-state index in [2.05, 4.69) is 32.2 Å². The molecule has 4 heterocycles. The molecule has 6 aromatic rings. The number of H-pyrrole nitrogens is 1. The van der Waals surface area contributed by atoms with Crippen LogP contribution < -0.4 is 21.1 Å². The topological polar surface area (TPSA) is 128 Å². The van der Waals surface area contributed by atoms with Gasteiger partial charge in [0, 0.05) is 36.3 Å². The summed E-state index contributed by atoms with van der Waals surface area (Å²) in [6.07, 6.45) is 6.81. The summed E-state index contributed by atoms with van der Waals surface area (Å²) in [7, 11) is 1.87. The number of hydrogen-bond acceptors (Lipinski definition) is 5. The number of amides is 1. The quantitative estimate of drug-likeness (QED) is 0.239. The molecule has 4 aromatic heterocycles. The fraction of sp³-hybridized carbons (Fsp3) is 0.100. The summed E-state index contributed by atoms with van der Waals surface area (Å²) in [6, 6.07) is 17.9. The Bertz CT molecular complexity index is 2030. The van der Waals surface area contributed by atoms with Crippen LogP contribution in [0.5, 0.6) is 0 Å². The lowest BCUT2D eigenvalue weighted by molar-refractivity contribution is -0.577. The van der Waals surface area contributed by atoms with Crippen LogP contribution in [0.1, 0.15) is 40.3 Å². The average Bonchev–Trinajstić information content (AvgIpc) is 3.53. The molecule has 10 heteroatoms. The summed E-state index contributed by atoms with van der Waals surface area (Å²) in [5.74, 6) is 5.95.